The molecule has 1 aliphatic rings. The molecule has 0 amide bonds. The van der Waals surface area contributed by atoms with Gasteiger partial charge in [-0.25, -0.2) is 9.98 Å². The predicted molar refractivity (Wildman–Crippen MR) is 100 cm³/mol. The van der Waals surface area contributed by atoms with Crippen LogP contribution >= 0.6 is 11.3 Å². The minimum atomic E-state index is -4.33. The van der Waals surface area contributed by atoms with Crippen LogP contribution in [0.5, 0.6) is 5.75 Å². The molecule has 0 aliphatic heterocycles. The lowest BCUT2D eigenvalue weighted by molar-refractivity contribution is -0.137. The average Bonchev–Trinajstić information content (AvgIpc) is 3.09. The zero-order valence-electron chi connectivity index (χ0n) is 14.4. The van der Waals surface area contributed by atoms with Crippen LogP contribution in [0.4, 0.5) is 18.3 Å². The topological polar surface area (TPSA) is 34.5 Å². The molecule has 1 heterocycles. The summed E-state index contributed by atoms with van der Waals surface area (Å²) in [5, 5.41) is 0.601. The third-order valence-electron chi connectivity index (χ3n) is 4.44. The fourth-order valence-electron chi connectivity index (χ4n) is 3.05. The Morgan fingerprint density at radius 1 is 1.11 bits per heavy atom. The summed E-state index contributed by atoms with van der Waals surface area (Å²) in [7, 11) is 1.65. The van der Waals surface area contributed by atoms with Gasteiger partial charge in [-0.05, 0) is 54.3 Å². The SMILES string of the molecule is COc1ccc2c(c1)CCc1sc(N=Cc3ccc(C(F)(F)F)cc3)nc1-2. The number of aromatic nitrogens is 1. The first-order valence-corrected chi connectivity index (χ1v) is 9.14. The van der Waals surface area contributed by atoms with Crippen LogP contribution in [0.3, 0.4) is 0 Å². The van der Waals surface area contributed by atoms with E-state index in [9.17, 15) is 13.2 Å². The van der Waals surface area contributed by atoms with E-state index in [-0.39, 0.29) is 0 Å². The third-order valence-corrected chi connectivity index (χ3v) is 5.46. The number of nitrogens with zero attached hydrogens (tertiary/aromatic N) is 2. The highest BCUT2D eigenvalue weighted by Crippen LogP contribution is 2.40. The first kappa shape index (κ1) is 17.7. The van der Waals surface area contributed by atoms with Crippen molar-refractivity contribution in [1.82, 2.24) is 4.98 Å². The maximum atomic E-state index is 12.6. The number of ether oxygens (including phenoxy) is 1. The van der Waals surface area contributed by atoms with Crippen molar-refractivity contribution >= 4 is 22.7 Å². The normalized spacial score (nSPS) is 13.5. The molecule has 1 aliphatic carbocycles. The van der Waals surface area contributed by atoms with Gasteiger partial charge >= 0.3 is 6.18 Å². The number of thiazole rings is 1. The summed E-state index contributed by atoms with van der Waals surface area (Å²) < 4.78 is 43.1. The molecule has 3 nitrogen and oxygen atoms in total. The summed E-state index contributed by atoms with van der Waals surface area (Å²) in [6.07, 6.45) is -0.980. The lowest BCUT2D eigenvalue weighted by Crippen LogP contribution is -2.04. The van der Waals surface area contributed by atoms with Gasteiger partial charge < -0.3 is 4.74 Å². The molecule has 0 bridgehead atoms. The first-order valence-electron chi connectivity index (χ1n) is 8.32. The zero-order valence-corrected chi connectivity index (χ0v) is 15.2. The Bertz CT molecular complexity index is 1010. The highest BCUT2D eigenvalue weighted by atomic mass is 32.1. The van der Waals surface area contributed by atoms with Gasteiger partial charge in [0, 0.05) is 16.7 Å². The molecule has 0 spiro atoms. The van der Waals surface area contributed by atoms with Gasteiger partial charge in [-0.2, -0.15) is 13.2 Å². The minimum absolute atomic E-state index is 0.598. The second kappa shape index (κ2) is 6.81. The van der Waals surface area contributed by atoms with Gasteiger partial charge in [-0.3, -0.25) is 0 Å². The van der Waals surface area contributed by atoms with Gasteiger partial charge in [0.25, 0.3) is 0 Å². The number of fused-ring (bicyclic) bond motifs is 3. The molecule has 138 valence electrons. The van der Waals surface area contributed by atoms with Crippen molar-refractivity contribution < 1.29 is 17.9 Å². The third kappa shape index (κ3) is 3.60. The van der Waals surface area contributed by atoms with E-state index in [0.29, 0.717) is 10.7 Å². The van der Waals surface area contributed by atoms with Gasteiger partial charge in [0.2, 0.25) is 5.13 Å². The molecule has 27 heavy (non-hydrogen) atoms. The van der Waals surface area contributed by atoms with E-state index in [4.69, 9.17) is 4.74 Å². The van der Waals surface area contributed by atoms with Gasteiger partial charge in [0.05, 0.1) is 18.4 Å². The summed E-state index contributed by atoms with van der Waals surface area (Å²) in [6, 6.07) is 10.9. The summed E-state index contributed by atoms with van der Waals surface area (Å²) in [4.78, 5) is 10.1. The van der Waals surface area contributed by atoms with E-state index < -0.39 is 11.7 Å². The van der Waals surface area contributed by atoms with Crippen molar-refractivity contribution in [3.05, 3.63) is 64.0 Å². The number of methoxy groups -OCH3 is 1. The fourth-order valence-corrected chi connectivity index (χ4v) is 3.96. The van der Waals surface area contributed by atoms with Crippen molar-refractivity contribution in [2.75, 3.05) is 7.11 Å². The van der Waals surface area contributed by atoms with Crippen molar-refractivity contribution in [3.8, 4) is 17.0 Å². The molecule has 0 radical (unpaired) electrons. The van der Waals surface area contributed by atoms with Crippen molar-refractivity contribution in [2.24, 2.45) is 4.99 Å². The van der Waals surface area contributed by atoms with Crippen LogP contribution in [0, 0.1) is 0 Å². The summed E-state index contributed by atoms with van der Waals surface area (Å²) in [5.74, 6) is 0.827. The predicted octanol–water partition coefficient (Wildman–Crippen LogP) is 5.69. The lowest BCUT2D eigenvalue weighted by Gasteiger charge is -2.15. The number of halogens is 3. The minimum Gasteiger partial charge on any atom is -0.497 e. The van der Waals surface area contributed by atoms with Gasteiger partial charge in [0.1, 0.15) is 5.75 Å². The molecular weight excluding hydrogens is 373 g/mol. The number of hydrogen-bond acceptors (Lipinski definition) is 4. The summed E-state index contributed by atoms with van der Waals surface area (Å²) >= 11 is 1.52. The molecule has 3 aromatic rings. The second-order valence-corrected chi connectivity index (χ2v) is 7.23. The van der Waals surface area contributed by atoms with Crippen LogP contribution < -0.4 is 4.74 Å². The van der Waals surface area contributed by atoms with Crippen LogP contribution in [0.25, 0.3) is 11.3 Å². The van der Waals surface area contributed by atoms with Crippen LogP contribution in [0.15, 0.2) is 47.5 Å². The molecule has 0 saturated heterocycles. The van der Waals surface area contributed by atoms with E-state index in [0.717, 1.165) is 42.0 Å². The molecule has 0 saturated carbocycles. The summed E-state index contributed by atoms with van der Waals surface area (Å²) in [6.45, 7) is 0. The molecule has 7 heteroatoms. The van der Waals surface area contributed by atoms with E-state index in [1.54, 1.807) is 13.3 Å². The van der Waals surface area contributed by atoms with E-state index >= 15 is 0 Å². The molecule has 0 atom stereocenters. The smallest absolute Gasteiger partial charge is 0.416 e. The monoisotopic (exact) mass is 388 g/mol. The number of benzene rings is 2. The Balaban J connectivity index is 1.58. The highest BCUT2D eigenvalue weighted by molar-refractivity contribution is 7.15. The van der Waals surface area contributed by atoms with E-state index in [1.165, 1.54) is 33.9 Å². The van der Waals surface area contributed by atoms with Gasteiger partial charge in [0.15, 0.2) is 0 Å². The fraction of sp³-hybridized carbons (Fsp3) is 0.200. The number of alkyl halides is 3. The van der Waals surface area contributed by atoms with E-state index in [1.807, 2.05) is 18.2 Å². The molecule has 4 rings (SSSR count). The van der Waals surface area contributed by atoms with Crippen LogP contribution in [0.1, 0.15) is 21.6 Å². The highest BCUT2D eigenvalue weighted by Gasteiger charge is 2.29. The molecule has 0 unspecified atom stereocenters. The number of aryl methyl sites for hydroxylation is 2. The van der Waals surface area contributed by atoms with Crippen LogP contribution in [0.2, 0.25) is 0 Å². The average molecular weight is 388 g/mol. The molecule has 0 N–H and O–H groups in total. The molecule has 0 fully saturated rings. The molecular formula is C20H15F3N2OS. The Labute approximate surface area is 158 Å². The standard InChI is InChI=1S/C20H15F3N2OS/c1-26-15-7-8-16-13(10-15)4-9-17-18(16)25-19(27-17)24-11-12-2-5-14(6-3-12)20(21,22)23/h2-3,5-8,10-11H,4,9H2,1H3. The summed E-state index contributed by atoms with van der Waals surface area (Å²) in [5.41, 5.74) is 3.15. The Hall–Kier alpha value is -2.67. The maximum Gasteiger partial charge on any atom is 0.416 e. The molecule has 1 aromatic heterocycles. The van der Waals surface area contributed by atoms with Gasteiger partial charge in [-0.1, -0.05) is 23.5 Å². The van der Waals surface area contributed by atoms with Crippen molar-refractivity contribution in [3.63, 3.8) is 0 Å². The Morgan fingerprint density at radius 3 is 2.59 bits per heavy atom. The van der Waals surface area contributed by atoms with Crippen LogP contribution in [-0.2, 0) is 19.0 Å². The largest absolute Gasteiger partial charge is 0.497 e. The Morgan fingerprint density at radius 2 is 1.89 bits per heavy atom. The number of rotatable bonds is 3. The zero-order chi connectivity index (χ0) is 19.0. The lowest BCUT2D eigenvalue weighted by atomic mass is 9.93. The number of hydrogen-bond donors (Lipinski definition) is 0. The van der Waals surface area contributed by atoms with E-state index in [2.05, 4.69) is 9.98 Å². The number of aliphatic imine (C=N–C) groups is 1. The maximum absolute atomic E-state index is 12.6. The van der Waals surface area contributed by atoms with Crippen molar-refractivity contribution in [1.29, 1.82) is 0 Å². The van der Waals surface area contributed by atoms with Gasteiger partial charge in [-0.15, -0.1) is 0 Å². The molecule has 2 aromatic carbocycles. The van der Waals surface area contributed by atoms with Crippen LogP contribution in [-0.4, -0.2) is 18.3 Å². The van der Waals surface area contributed by atoms with Crippen molar-refractivity contribution in [2.45, 2.75) is 19.0 Å². The quantitative estimate of drug-likeness (QED) is 0.541. The second-order valence-electron chi connectivity index (χ2n) is 6.17. The first-order chi connectivity index (χ1) is 12.9. The Kier molecular flexibility index (Phi) is 4.47.